The predicted molar refractivity (Wildman–Crippen MR) is 67.9 cm³/mol. The summed E-state index contributed by atoms with van der Waals surface area (Å²) in [7, 11) is 0. The average molecular weight is 258 g/mol. The molecule has 0 saturated carbocycles. The lowest BCUT2D eigenvalue weighted by atomic mass is 10.1. The van der Waals surface area contributed by atoms with Crippen LogP contribution in [0.4, 0.5) is 0 Å². The number of allylic oxidation sites excluding steroid dienone is 1. The average Bonchev–Trinajstić information content (AvgIpc) is 2.25. The molecule has 0 radical (unpaired) electrons. The van der Waals surface area contributed by atoms with Gasteiger partial charge in [0, 0.05) is 13.5 Å². The molecule has 0 fully saturated rings. The number of amides is 1. The normalized spacial score (nSPS) is 11.7. The van der Waals surface area contributed by atoms with E-state index in [1.54, 1.807) is 6.92 Å². The standard InChI is InChI=1S/C12H22N2O4/c1-9(2)18-8-14-11(12(16)17)6-4-5-7-13-10(3)15/h11,14H,1,4-8H2,2-3H3,(H,13,15)(H,16,17). The van der Waals surface area contributed by atoms with Crippen LogP contribution in [-0.4, -0.2) is 36.3 Å². The second-order valence-corrected chi connectivity index (χ2v) is 4.06. The van der Waals surface area contributed by atoms with Gasteiger partial charge in [0.05, 0.1) is 5.76 Å². The van der Waals surface area contributed by atoms with E-state index in [1.807, 2.05) is 0 Å². The summed E-state index contributed by atoms with van der Waals surface area (Å²) in [6, 6.07) is -0.637. The number of hydrogen-bond donors (Lipinski definition) is 3. The number of unbranched alkanes of at least 4 members (excludes halogenated alkanes) is 1. The molecule has 0 rings (SSSR count). The van der Waals surface area contributed by atoms with E-state index in [1.165, 1.54) is 6.92 Å². The minimum atomic E-state index is -0.903. The second-order valence-electron chi connectivity index (χ2n) is 4.06. The molecule has 6 nitrogen and oxygen atoms in total. The summed E-state index contributed by atoms with van der Waals surface area (Å²) in [5.74, 6) is -0.435. The molecule has 0 aliphatic heterocycles. The van der Waals surface area contributed by atoms with E-state index >= 15 is 0 Å². The zero-order valence-corrected chi connectivity index (χ0v) is 11.0. The van der Waals surface area contributed by atoms with Crippen molar-refractivity contribution in [1.29, 1.82) is 0 Å². The van der Waals surface area contributed by atoms with Crippen LogP contribution in [0.25, 0.3) is 0 Å². The lowest BCUT2D eigenvalue weighted by Crippen LogP contribution is -2.38. The highest BCUT2D eigenvalue weighted by molar-refractivity contribution is 5.73. The quantitative estimate of drug-likeness (QED) is 0.307. The molecule has 104 valence electrons. The minimum absolute atomic E-state index is 0.0715. The van der Waals surface area contributed by atoms with Crippen LogP contribution in [0.1, 0.15) is 33.1 Å². The first-order valence-electron chi connectivity index (χ1n) is 5.92. The Bertz CT molecular complexity index is 292. The van der Waals surface area contributed by atoms with Crippen molar-refractivity contribution in [2.75, 3.05) is 13.3 Å². The van der Waals surface area contributed by atoms with Crippen LogP contribution in [0.3, 0.4) is 0 Å². The first kappa shape index (κ1) is 16.4. The number of carbonyl (C=O) groups is 2. The lowest BCUT2D eigenvalue weighted by molar-refractivity contribution is -0.140. The number of nitrogens with one attached hydrogen (secondary N) is 2. The molecule has 1 atom stereocenters. The van der Waals surface area contributed by atoms with E-state index in [-0.39, 0.29) is 12.6 Å². The Hall–Kier alpha value is -1.56. The van der Waals surface area contributed by atoms with Crippen LogP contribution in [0.5, 0.6) is 0 Å². The summed E-state index contributed by atoms with van der Waals surface area (Å²) in [6.07, 6.45) is 1.97. The maximum Gasteiger partial charge on any atom is 0.320 e. The fourth-order valence-corrected chi connectivity index (χ4v) is 1.32. The van der Waals surface area contributed by atoms with E-state index < -0.39 is 12.0 Å². The number of aliphatic carboxylic acids is 1. The fourth-order valence-electron chi connectivity index (χ4n) is 1.32. The second kappa shape index (κ2) is 9.47. The van der Waals surface area contributed by atoms with Gasteiger partial charge in [-0.3, -0.25) is 14.9 Å². The van der Waals surface area contributed by atoms with Crippen LogP contribution in [0.2, 0.25) is 0 Å². The molecule has 0 heterocycles. The predicted octanol–water partition coefficient (Wildman–Crippen LogP) is 0.843. The third-order valence-corrected chi connectivity index (χ3v) is 2.24. The van der Waals surface area contributed by atoms with Crippen LogP contribution < -0.4 is 10.6 Å². The van der Waals surface area contributed by atoms with E-state index in [9.17, 15) is 9.59 Å². The first-order valence-corrected chi connectivity index (χ1v) is 5.92. The maximum absolute atomic E-state index is 10.9. The van der Waals surface area contributed by atoms with Gasteiger partial charge >= 0.3 is 5.97 Å². The van der Waals surface area contributed by atoms with Crippen molar-refractivity contribution in [2.45, 2.75) is 39.2 Å². The Morgan fingerprint density at radius 2 is 2.00 bits per heavy atom. The third kappa shape index (κ3) is 9.65. The molecule has 6 heteroatoms. The molecule has 0 aromatic rings. The minimum Gasteiger partial charge on any atom is -0.484 e. The van der Waals surface area contributed by atoms with E-state index in [2.05, 4.69) is 17.2 Å². The first-order chi connectivity index (χ1) is 8.43. The van der Waals surface area contributed by atoms with Gasteiger partial charge in [0.25, 0.3) is 0 Å². The highest BCUT2D eigenvalue weighted by Gasteiger charge is 2.15. The Labute approximate surface area is 107 Å². The SMILES string of the molecule is C=C(C)OCNC(CCCCNC(C)=O)C(=O)O. The Balaban J connectivity index is 3.73. The topological polar surface area (TPSA) is 87.7 Å². The third-order valence-electron chi connectivity index (χ3n) is 2.24. The zero-order valence-electron chi connectivity index (χ0n) is 11.0. The van der Waals surface area contributed by atoms with Crippen molar-refractivity contribution in [1.82, 2.24) is 10.6 Å². The van der Waals surface area contributed by atoms with Crippen molar-refractivity contribution in [3.05, 3.63) is 12.3 Å². The molecule has 0 aromatic heterocycles. The Morgan fingerprint density at radius 1 is 1.33 bits per heavy atom. The van der Waals surface area contributed by atoms with Crippen LogP contribution in [0.15, 0.2) is 12.3 Å². The molecule has 1 amide bonds. The summed E-state index contributed by atoms with van der Waals surface area (Å²) in [4.78, 5) is 21.5. The molecule has 0 spiro atoms. The molecular weight excluding hydrogens is 236 g/mol. The number of carbonyl (C=O) groups excluding carboxylic acids is 1. The monoisotopic (exact) mass is 258 g/mol. The largest absolute Gasteiger partial charge is 0.484 e. The number of carboxylic acids is 1. The van der Waals surface area contributed by atoms with Crippen LogP contribution >= 0.6 is 0 Å². The lowest BCUT2D eigenvalue weighted by Gasteiger charge is -2.15. The van der Waals surface area contributed by atoms with E-state index in [4.69, 9.17) is 9.84 Å². The van der Waals surface area contributed by atoms with Gasteiger partial charge in [-0.2, -0.15) is 0 Å². The van der Waals surface area contributed by atoms with Crippen LogP contribution in [-0.2, 0) is 14.3 Å². The van der Waals surface area contributed by atoms with Gasteiger partial charge in [-0.1, -0.05) is 6.58 Å². The molecular formula is C12H22N2O4. The summed E-state index contributed by atoms with van der Waals surface area (Å²) in [5.41, 5.74) is 0. The highest BCUT2D eigenvalue weighted by Crippen LogP contribution is 2.01. The highest BCUT2D eigenvalue weighted by atomic mass is 16.5. The van der Waals surface area contributed by atoms with Crippen molar-refractivity contribution in [2.24, 2.45) is 0 Å². The molecule has 1 unspecified atom stereocenters. The summed E-state index contributed by atoms with van der Waals surface area (Å²) in [5, 5.41) is 14.4. The summed E-state index contributed by atoms with van der Waals surface area (Å²) in [6.45, 7) is 7.41. The van der Waals surface area contributed by atoms with E-state index in [0.29, 0.717) is 18.7 Å². The van der Waals surface area contributed by atoms with Gasteiger partial charge in [-0.25, -0.2) is 0 Å². The van der Waals surface area contributed by atoms with Gasteiger partial charge in [0.15, 0.2) is 0 Å². The maximum atomic E-state index is 10.9. The fraction of sp³-hybridized carbons (Fsp3) is 0.667. The number of rotatable bonds is 10. The Morgan fingerprint density at radius 3 is 2.50 bits per heavy atom. The van der Waals surface area contributed by atoms with Crippen LogP contribution in [0, 0.1) is 0 Å². The molecule has 3 N–H and O–H groups in total. The smallest absolute Gasteiger partial charge is 0.320 e. The molecule has 0 bridgehead atoms. The van der Waals surface area contributed by atoms with Crippen molar-refractivity contribution in [3.8, 4) is 0 Å². The molecule has 0 aliphatic rings. The molecule has 18 heavy (non-hydrogen) atoms. The van der Waals surface area contributed by atoms with Crippen molar-refractivity contribution in [3.63, 3.8) is 0 Å². The molecule has 0 aromatic carbocycles. The molecule has 0 saturated heterocycles. The Kier molecular flexibility index (Phi) is 8.65. The zero-order chi connectivity index (χ0) is 14.0. The number of carboxylic acid groups (broad SMARTS) is 1. The molecule has 0 aliphatic carbocycles. The van der Waals surface area contributed by atoms with Crippen molar-refractivity contribution < 1.29 is 19.4 Å². The summed E-state index contributed by atoms with van der Waals surface area (Å²) < 4.78 is 5.06. The number of ether oxygens (including phenoxy) is 1. The number of hydrogen-bond acceptors (Lipinski definition) is 4. The van der Waals surface area contributed by atoms with Gasteiger partial charge in [0.2, 0.25) is 5.91 Å². The van der Waals surface area contributed by atoms with Gasteiger partial charge in [0.1, 0.15) is 12.8 Å². The summed E-state index contributed by atoms with van der Waals surface area (Å²) >= 11 is 0. The van der Waals surface area contributed by atoms with Gasteiger partial charge in [-0.05, 0) is 26.2 Å². The van der Waals surface area contributed by atoms with Gasteiger partial charge in [-0.15, -0.1) is 0 Å². The van der Waals surface area contributed by atoms with Crippen molar-refractivity contribution >= 4 is 11.9 Å². The van der Waals surface area contributed by atoms with Gasteiger partial charge < -0.3 is 15.2 Å². The van der Waals surface area contributed by atoms with E-state index in [0.717, 1.165) is 12.8 Å².